The van der Waals surface area contributed by atoms with Crippen LogP contribution in [0.15, 0.2) is 29.2 Å². The molecule has 0 saturated heterocycles. The van der Waals surface area contributed by atoms with Crippen LogP contribution in [-0.4, -0.2) is 27.5 Å². The molecule has 0 radical (unpaired) electrons. The largest absolute Gasteiger partial charge is 0.494 e. The van der Waals surface area contributed by atoms with Gasteiger partial charge in [0.2, 0.25) is 15.9 Å². The lowest BCUT2D eigenvalue weighted by Crippen LogP contribution is -2.33. The lowest BCUT2D eigenvalue weighted by Gasteiger charge is -2.06. The Kier molecular flexibility index (Phi) is 4.47. The van der Waals surface area contributed by atoms with Crippen LogP contribution < -0.4 is 15.2 Å². The molecule has 6 nitrogen and oxygen atoms in total. The van der Waals surface area contributed by atoms with Crippen molar-refractivity contribution in [3.05, 3.63) is 24.3 Å². The molecule has 0 saturated carbocycles. The van der Waals surface area contributed by atoms with Crippen molar-refractivity contribution < 1.29 is 17.9 Å². The van der Waals surface area contributed by atoms with E-state index < -0.39 is 22.5 Å². The second-order valence-corrected chi connectivity index (χ2v) is 4.96. The average Bonchev–Trinajstić information content (AvgIpc) is 2.28. The van der Waals surface area contributed by atoms with E-state index in [1.54, 1.807) is 12.1 Å². The molecule has 0 bridgehead atoms. The van der Waals surface area contributed by atoms with Crippen molar-refractivity contribution in [3.63, 3.8) is 0 Å². The molecule has 0 aliphatic heterocycles. The van der Waals surface area contributed by atoms with Gasteiger partial charge in [-0.15, -0.1) is 0 Å². The number of rotatable bonds is 6. The maximum atomic E-state index is 11.6. The smallest absolute Gasteiger partial charge is 0.241 e. The molecule has 0 atom stereocenters. The van der Waals surface area contributed by atoms with Gasteiger partial charge in [-0.05, 0) is 31.2 Å². The van der Waals surface area contributed by atoms with Crippen molar-refractivity contribution in [1.29, 1.82) is 0 Å². The summed E-state index contributed by atoms with van der Waals surface area (Å²) in [6, 6.07) is 5.88. The first-order valence-corrected chi connectivity index (χ1v) is 6.45. The second-order valence-electron chi connectivity index (χ2n) is 3.20. The van der Waals surface area contributed by atoms with Crippen LogP contribution in [0.4, 0.5) is 0 Å². The van der Waals surface area contributed by atoms with Crippen LogP contribution in [0.5, 0.6) is 5.75 Å². The molecule has 1 aromatic rings. The summed E-state index contributed by atoms with van der Waals surface area (Å²) < 4.78 is 30.6. The third kappa shape index (κ3) is 4.04. The highest BCUT2D eigenvalue weighted by molar-refractivity contribution is 7.89. The number of ether oxygens (including phenoxy) is 1. The van der Waals surface area contributed by atoms with E-state index in [9.17, 15) is 13.2 Å². The van der Waals surface area contributed by atoms with Gasteiger partial charge in [0.15, 0.2) is 0 Å². The molecule has 94 valence electrons. The molecule has 3 N–H and O–H groups in total. The Morgan fingerprint density at radius 1 is 1.35 bits per heavy atom. The molecule has 0 aliphatic rings. The number of nitrogens with one attached hydrogen (secondary N) is 1. The second kappa shape index (κ2) is 5.65. The predicted octanol–water partition coefficient (Wildman–Crippen LogP) is -0.151. The van der Waals surface area contributed by atoms with E-state index in [0.717, 1.165) is 0 Å². The number of benzene rings is 1. The Morgan fingerprint density at radius 3 is 2.41 bits per heavy atom. The van der Waals surface area contributed by atoms with E-state index in [-0.39, 0.29) is 4.90 Å². The first-order valence-electron chi connectivity index (χ1n) is 4.96. The van der Waals surface area contributed by atoms with Crippen LogP contribution in [0, 0.1) is 0 Å². The van der Waals surface area contributed by atoms with Gasteiger partial charge < -0.3 is 10.5 Å². The van der Waals surface area contributed by atoms with Crippen molar-refractivity contribution in [1.82, 2.24) is 4.72 Å². The summed E-state index contributed by atoms with van der Waals surface area (Å²) in [6.07, 6.45) is 0. The molecule has 1 amide bonds. The average molecular weight is 258 g/mol. The maximum Gasteiger partial charge on any atom is 0.241 e. The van der Waals surface area contributed by atoms with Crippen molar-refractivity contribution in [2.45, 2.75) is 11.8 Å². The molecule has 17 heavy (non-hydrogen) atoms. The van der Waals surface area contributed by atoms with Gasteiger partial charge in [0.1, 0.15) is 5.75 Å². The Hall–Kier alpha value is -1.60. The molecular weight excluding hydrogens is 244 g/mol. The fourth-order valence-electron chi connectivity index (χ4n) is 1.13. The number of sulfonamides is 1. The van der Waals surface area contributed by atoms with Gasteiger partial charge in [0, 0.05) is 0 Å². The maximum absolute atomic E-state index is 11.6. The van der Waals surface area contributed by atoms with E-state index in [2.05, 4.69) is 4.72 Å². The zero-order valence-corrected chi connectivity index (χ0v) is 10.2. The highest BCUT2D eigenvalue weighted by Gasteiger charge is 2.14. The lowest BCUT2D eigenvalue weighted by atomic mass is 10.3. The minimum Gasteiger partial charge on any atom is -0.494 e. The monoisotopic (exact) mass is 258 g/mol. The third-order valence-electron chi connectivity index (χ3n) is 1.88. The minimum absolute atomic E-state index is 0.0576. The Bertz CT molecular complexity index is 482. The SMILES string of the molecule is CCOc1ccc(S(=O)(=O)NCC(N)=O)cc1. The van der Waals surface area contributed by atoms with Gasteiger partial charge in [0.05, 0.1) is 18.0 Å². The van der Waals surface area contributed by atoms with E-state index in [4.69, 9.17) is 10.5 Å². The van der Waals surface area contributed by atoms with E-state index in [1.165, 1.54) is 12.1 Å². The number of amides is 1. The number of primary amides is 1. The highest BCUT2D eigenvalue weighted by Crippen LogP contribution is 2.15. The molecule has 0 spiro atoms. The summed E-state index contributed by atoms with van der Waals surface area (Å²) in [7, 11) is -3.69. The van der Waals surface area contributed by atoms with Crippen LogP contribution in [0.2, 0.25) is 0 Å². The zero-order valence-electron chi connectivity index (χ0n) is 9.34. The van der Waals surface area contributed by atoms with Crippen LogP contribution in [0.3, 0.4) is 0 Å². The fourth-order valence-corrected chi connectivity index (χ4v) is 2.12. The molecule has 1 aromatic carbocycles. The van der Waals surface area contributed by atoms with Gasteiger partial charge >= 0.3 is 0 Å². The number of hydrogen-bond donors (Lipinski definition) is 2. The molecule has 0 heterocycles. The molecule has 0 fully saturated rings. The van der Waals surface area contributed by atoms with Gasteiger partial charge in [-0.3, -0.25) is 4.79 Å². The normalized spacial score (nSPS) is 11.1. The minimum atomic E-state index is -3.69. The van der Waals surface area contributed by atoms with Crippen LogP contribution in [0.25, 0.3) is 0 Å². The third-order valence-corrected chi connectivity index (χ3v) is 3.30. The number of carbonyl (C=O) groups excluding carboxylic acids is 1. The zero-order chi connectivity index (χ0) is 12.9. The topological polar surface area (TPSA) is 98.5 Å². The summed E-state index contributed by atoms with van der Waals surface area (Å²) >= 11 is 0. The molecule has 7 heteroatoms. The van der Waals surface area contributed by atoms with Crippen LogP contribution in [-0.2, 0) is 14.8 Å². The van der Waals surface area contributed by atoms with Gasteiger partial charge in [0.25, 0.3) is 0 Å². The molecule has 0 aromatic heterocycles. The first-order chi connectivity index (χ1) is 7.95. The Morgan fingerprint density at radius 2 is 1.94 bits per heavy atom. The molecule has 0 aliphatic carbocycles. The van der Waals surface area contributed by atoms with Gasteiger partial charge in [-0.2, -0.15) is 0 Å². The van der Waals surface area contributed by atoms with Crippen molar-refractivity contribution in [3.8, 4) is 5.75 Å². The quantitative estimate of drug-likeness (QED) is 0.741. The number of carbonyl (C=O) groups is 1. The highest BCUT2D eigenvalue weighted by atomic mass is 32.2. The van der Waals surface area contributed by atoms with Crippen molar-refractivity contribution in [2.75, 3.05) is 13.2 Å². The first kappa shape index (κ1) is 13.5. The fraction of sp³-hybridized carbons (Fsp3) is 0.300. The van der Waals surface area contributed by atoms with E-state index in [1.807, 2.05) is 6.92 Å². The Balaban J connectivity index is 2.81. The van der Waals surface area contributed by atoms with Crippen molar-refractivity contribution >= 4 is 15.9 Å². The number of nitrogens with two attached hydrogens (primary N) is 1. The van der Waals surface area contributed by atoms with E-state index >= 15 is 0 Å². The van der Waals surface area contributed by atoms with Gasteiger partial charge in [-0.1, -0.05) is 0 Å². The standard InChI is InChI=1S/C10H14N2O4S/c1-2-16-8-3-5-9(6-4-8)17(14,15)12-7-10(11)13/h3-6,12H,2,7H2,1H3,(H2,11,13). The summed E-state index contributed by atoms with van der Waals surface area (Å²) in [5.41, 5.74) is 4.86. The lowest BCUT2D eigenvalue weighted by molar-refractivity contribution is -0.116. The Labute approximate surface area is 99.8 Å². The molecular formula is C10H14N2O4S. The summed E-state index contributed by atoms with van der Waals surface area (Å²) in [6.45, 7) is 1.92. The van der Waals surface area contributed by atoms with E-state index in [0.29, 0.717) is 12.4 Å². The van der Waals surface area contributed by atoms with Gasteiger partial charge in [-0.25, -0.2) is 13.1 Å². The predicted molar refractivity (Wildman–Crippen MR) is 62.0 cm³/mol. The number of hydrogen-bond acceptors (Lipinski definition) is 4. The van der Waals surface area contributed by atoms with Crippen LogP contribution in [0.1, 0.15) is 6.92 Å². The van der Waals surface area contributed by atoms with Crippen molar-refractivity contribution in [2.24, 2.45) is 5.73 Å². The van der Waals surface area contributed by atoms with Crippen LogP contribution >= 0.6 is 0 Å². The molecule has 0 unspecified atom stereocenters. The summed E-state index contributed by atoms with van der Waals surface area (Å²) in [4.78, 5) is 10.5. The summed E-state index contributed by atoms with van der Waals surface area (Å²) in [5.74, 6) is -0.152. The molecule has 1 rings (SSSR count). The summed E-state index contributed by atoms with van der Waals surface area (Å²) in [5, 5.41) is 0.